The molecule has 0 fully saturated rings. The Kier molecular flexibility index (Phi) is 2.67. The van der Waals surface area contributed by atoms with Crippen LogP contribution in [0.15, 0.2) is 48.5 Å². The van der Waals surface area contributed by atoms with Gasteiger partial charge in [0.1, 0.15) is 5.82 Å². The fourth-order valence-corrected chi connectivity index (χ4v) is 2.26. The summed E-state index contributed by atoms with van der Waals surface area (Å²) in [6.45, 7) is 0. The third kappa shape index (κ3) is 1.93. The van der Waals surface area contributed by atoms with Gasteiger partial charge in [-0.25, -0.2) is 4.39 Å². The van der Waals surface area contributed by atoms with Gasteiger partial charge in [0.2, 0.25) is 0 Å². The van der Waals surface area contributed by atoms with Gasteiger partial charge < -0.3 is 4.90 Å². The molecule has 0 aromatic heterocycles. The summed E-state index contributed by atoms with van der Waals surface area (Å²) in [6.07, 6.45) is 1.80. The van der Waals surface area contributed by atoms with Gasteiger partial charge in [0, 0.05) is 18.2 Å². The number of para-hydroxylation sites is 1. The lowest BCUT2D eigenvalue weighted by atomic mass is 10.0. The molecule has 0 atom stereocenters. The Bertz CT molecular complexity index is 673. The summed E-state index contributed by atoms with van der Waals surface area (Å²) in [4.78, 5) is 13.8. The van der Waals surface area contributed by atoms with Crippen molar-refractivity contribution in [3.63, 3.8) is 0 Å². The first kappa shape index (κ1) is 11.7. The van der Waals surface area contributed by atoms with E-state index >= 15 is 0 Å². The number of halogens is 1. The average molecular weight is 253 g/mol. The molecule has 0 N–H and O–H groups in total. The molecular formula is C16H12FNO. The topological polar surface area (TPSA) is 20.3 Å². The number of rotatable bonds is 1. The van der Waals surface area contributed by atoms with E-state index in [9.17, 15) is 9.18 Å². The summed E-state index contributed by atoms with van der Waals surface area (Å²) in [6, 6.07) is 13.8. The molecular weight excluding hydrogens is 241 g/mol. The molecule has 0 saturated carbocycles. The normalized spacial score (nSPS) is 16.0. The summed E-state index contributed by atoms with van der Waals surface area (Å²) in [7, 11) is 1.76. The van der Waals surface area contributed by atoms with E-state index in [4.69, 9.17) is 0 Å². The predicted molar refractivity (Wildman–Crippen MR) is 74.1 cm³/mol. The second-order valence-electron chi connectivity index (χ2n) is 4.49. The lowest BCUT2D eigenvalue weighted by molar-refractivity contribution is -0.112. The van der Waals surface area contributed by atoms with E-state index in [0.29, 0.717) is 5.57 Å². The van der Waals surface area contributed by atoms with Gasteiger partial charge in [-0.3, -0.25) is 4.79 Å². The Balaban J connectivity index is 2.10. The molecule has 1 heterocycles. The van der Waals surface area contributed by atoms with Gasteiger partial charge in [-0.1, -0.05) is 30.3 Å². The van der Waals surface area contributed by atoms with Crippen LogP contribution in [0.2, 0.25) is 0 Å². The summed E-state index contributed by atoms with van der Waals surface area (Å²) >= 11 is 0. The number of amides is 1. The van der Waals surface area contributed by atoms with Gasteiger partial charge >= 0.3 is 0 Å². The van der Waals surface area contributed by atoms with E-state index in [1.54, 1.807) is 30.2 Å². The van der Waals surface area contributed by atoms with Crippen molar-refractivity contribution in [2.45, 2.75) is 0 Å². The number of benzene rings is 2. The Morgan fingerprint density at radius 2 is 1.74 bits per heavy atom. The van der Waals surface area contributed by atoms with Crippen LogP contribution in [0.3, 0.4) is 0 Å². The molecule has 94 valence electrons. The van der Waals surface area contributed by atoms with E-state index in [0.717, 1.165) is 16.8 Å². The molecule has 3 rings (SSSR count). The average Bonchev–Trinajstić information content (AvgIpc) is 2.67. The standard InChI is InChI=1S/C16H12FNO/c1-18-15-5-3-2-4-13(15)14(16(18)19)10-11-6-8-12(17)9-7-11/h2-10H,1H3. The maximum Gasteiger partial charge on any atom is 0.258 e. The highest BCUT2D eigenvalue weighted by Gasteiger charge is 2.28. The summed E-state index contributed by atoms with van der Waals surface area (Å²) in [5, 5.41) is 0. The highest BCUT2D eigenvalue weighted by Crippen LogP contribution is 2.36. The maximum absolute atomic E-state index is 12.9. The quantitative estimate of drug-likeness (QED) is 0.714. The highest BCUT2D eigenvalue weighted by molar-refractivity contribution is 6.35. The molecule has 2 aromatic rings. The van der Waals surface area contributed by atoms with Crippen molar-refractivity contribution in [3.05, 3.63) is 65.5 Å². The first-order valence-electron chi connectivity index (χ1n) is 6.01. The van der Waals surface area contributed by atoms with Crippen molar-refractivity contribution < 1.29 is 9.18 Å². The Labute approximate surface area is 110 Å². The third-order valence-electron chi connectivity index (χ3n) is 3.27. The van der Waals surface area contributed by atoms with Crippen LogP contribution < -0.4 is 4.90 Å². The van der Waals surface area contributed by atoms with Crippen LogP contribution in [0.5, 0.6) is 0 Å². The highest BCUT2D eigenvalue weighted by atomic mass is 19.1. The zero-order valence-electron chi connectivity index (χ0n) is 10.4. The molecule has 19 heavy (non-hydrogen) atoms. The van der Waals surface area contributed by atoms with E-state index in [-0.39, 0.29) is 11.7 Å². The van der Waals surface area contributed by atoms with E-state index in [2.05, 4.69) is 0 Å². The molecule has 1 aliphatic heterocycles. The fourth-order valence-electron chi connectivity index (χ4n) is 2.26. The number of anilines is 1. The largest absolute Gasteiger partial charge is 0.311 e. The van der Waals surface area contributed by atoms with Crippen LogP contribution in [0.1, 0.15) is 11.1 Å². The van der Waals surface area contributed by atoms with Crippen molar-refractivity contribution in [2.24, 2.45) is 0 Å². The Hall–Kier alpha value is -2.42. The molecule has 2 aromatic carbocycles. The van der Waals surface area contributed by atoms with E-state index in [1.807, 2.05) is 24.3 Å². The van der Waals surface area contributed by atoms with Gasteiger partial charge in [-0.15, -0.1) is 0 Å². The van der Waals surface area contributed by atoms with Crippen LogP contribution in [0.25, 0.3) is 11.6 Å². The van der Waals surface area contributed by atoms with E-state index in [1.165, 1.54) is 12.1 Å². The smallest absolute Gasteiger partial charge is 0.258 e. The monoisotopic (exact) mass is 253 g/mol. The molecule has 0 saturated heterocycles. The lowest BCUT2D eigenvalue weighted by Crippen LogP contribution is -2.20. The Morgan fingerprint density at radius 1 is 1.05 bits per heavy atom. The molecule has 0 unspecified atom stereocenters. The van der Waals surface area contributed by atoms with Crippen molar-refractivity contribution in [1.29, 1.82) is 0 Å². The minimum absolute atomic E-state index is 0.0366. The number of likely N-dealkylation sites (N-methyl/N-ethyl adjacent to an activating group) is 1. The third-order valence-corrected chi connectivity index (χ3v) is 3.27. The zero-order chi connectivity index (χ0) is 13.4. The maximum atomic E-state index is 12.9. The van der Waals surface area contributed by atoms with Crippen LogP contribution in [0, 0.1) is 5.82 Å². The van der Waals surface area contributed by atoms with Gasteiger partial charge in [0.05, 0.1) is 5.69 Å². The minimum atomic E-state index is -0.280. The minimum Gasteiger partial charge on any atom is -0.311 e. The SMILES string of the molecule is CN1C(=O)C(=Cc2ccc(F)cc2)c2ccccc21. The Morgan fingerprint density at radius 3 is 2.47 bits per heavy atom. The van der Waals surface area contributed by atoms with Gasteiger partial charge in [0.15, 0.2) is 0 Å². The van der Waals surface area contributed by atoms with E-state index < -0.39 is 0 Å². The number of carbonyl (C=O) groups excluding carboxylic acids is 1. The summed E-state index contributed by atoms with van der Waals surface area (Å²) < 4.78 is 12.9. The first-order valence-corrected chi connectivity index (χ1v) is 6.01. The lowest BCUT2D eigenvalue weighted by Gasteiger charge is -2.07. The van der Waals surface area contributed by atoms with Crippen molar-refractivity contribution >= 4 is 23.2 Å². The van der Waals surface area contributed by atoms with Crippen LogP contribution in [0.4, 0.5) is 10.1 Å². The molecule has 0 radical (unpaired) electrons. The molecule has 0 spiro atoms. The molecule has 1 aliphatic rings. The zero-order valence-corrected chi connectivity index (χ0v) is 10.4. The van der Waals surface area contributed by atoms with Crippen molar-refractivity contribution in [1.82, 2.24) is 0 Å². The molecule has 1 amide bonds. The summed E-state index contributed by atoms with van der Waals surface area (Å²) in [5.41, 5.74) is 3.28. The number of carbonyl (C=O) groups is 1. The molecule has 2 nitrogen and oxygen atoms in total. The first-order chi connectivity index (χ1) is 9.16. The summed E-state index contributed by atoms with van der Waals surface area (Å²) in [5.74, 6) is -0.317. The predicted octanol–water partition coefficient (Wildman–Crippen LogP) is 3.34. The van der Waals surface area contributed by atoms with Gasteiger partial charge in [-0.05, 0) is 29.8 Å². The van der Waals surface area contributed by atoms with Crippen molar-refractivity contribution in [3.8, 4) is 0 Å². The van der Waals surface area contributed by atoms with Crippen molar-refractivity contribution in [2.75, 3.05) is 11.9 Å². The van der Waals surface area contributed by atoms with Crippen LogP contribution >= 0.6 is 0 Å². The molecule has 3 heteroatoms. The second-order valence-corrected chi connectivity index (χ2v) is 4.49. The number of fused-ring (bicyclic) bond motifs is 1. The van der Waals surface area contributed by atoms with Crippen LogP contribution in [-0.4, -0.2) is 13.0 Å². The van der Waals surface area contributed by atoms with Gasteiger partial charge in [0.25, 0.3) is 5.91 Å². The van der Waals surface area contributed by atoms with Crippen LogP contribution in [-0.2, 0) is 4.79 Å². The molecule has 0 aliphatic carbocycles. The fraction of sp³-hybridized carbons (Fsp3) is 0.0625. The second kappa shape index (κ2) is 4.35. The van der Waals surface area contributed by atoms with Gasteiger partial charge in [-0.2, -0.15) is 0 Å². The number of hydrogen-bond acceptors (Lipinski definition) is 1. The number of hydrogen-bond donors (Lipinski definition) is 0. The number of nitrogens with zero attached hydrogens (tertiary/aromatic N) is 1. The molecule has 0 bridgehead atoms.